The van der Waals surface area contributed by atoms with E-state index < -0.39 is 23.5 Å². The van der Waals surface area contributed by atoms with E-state index in [-0.39, 0.29) is 5.56 Å². The number of aromatic nitrogens is 1. The van der Waals surface area contributed by atoms with Crippen LogP contribution in [-0.2, 0) is 11.3 Å². The number of benzene rings is 1. The fraction of sp³-hybridized carbons (Fsp3) is 0.294. The van der Waals surface area contributed by atoms with Gasteiger partial charge in [0.25, 0.3) is 0 Å². The van der Waals surface area contributed by atoms with Gasteiger partial charge in [0, 0.05) is 12.2 Å². The summed E-state index contributed by atoms with van der Waals surface area (Å²) in [6.45, 7) is 2.35. The standard InChI is InChI=1S/C17H16FNO3/c1-10-9-14-12(17(21)22)6-4-8-19(14)15(10)16(20)11-5-2-3-7-13(11)18/h2-3,5,7,9,12H,4,6,8H2,1H3,(H,21,22). The number of hydrogen-bond acceptors (Lipinski definition) is 2. The number of hydrogen-bond donors (Lipinski definition) is 1. The Kier molecular flexibility index (Phi) is 3.56. The lowest BCUT2D eigenvalue weighted by Crippen LogP contribution is -2.24. The summed E-state index contributed by atoms with van der Waals surface area (Å²) < 4.78 is 15.6. The Bertz CT molecular complexity index is 763. The largest absolute Gasteiger partial charge is 0.481 e. The van der Waals surface area contributed by atoms with Crippen molar-refractivity contribution in [3.05, 3.63) is 58.7 Å². The molecule has 0 amide bonds. The zero-order valence-corrected chi connectivity index (χ0v) is 12.2. The molecule has 0 saturated carbocycles. The number of nitrogens with zero attached hydrogens (tertiary/aromatic N) is 1. The third-order valence-corrected chi connectivity index (χ3v) is 4.18. The monoisotopic (exact) mass is 301 g/mol. The van der Waals surface area contributed by atoms with Gasteiger partial charge in [0.1, 0.15) is 5.82 Å². The predicted molar refractivity (Wildman–Crippen MR) is 78.6 cm³/mol. The van der Waals surface area contributed by atoms with E-state index in [1.54, 1.807) is 23.6 Å². The maximum absolute atomic E-state index is 13.9. The van der Waals surface area contributed by atoms with Crippen LogP contribution in [0.2, 0.25) is 0 Å². The number of fused-ring (bicyclic) bond motifs is 1. The van der Waals surface area contributed by atoms with Gasteiger partial charge in [0.15, 0.2) is 0 Å². The highest BCUT2D eigenvalue weighted by atomic mass is 19.1. The van der Waals surface area contributed by atoms with Crippen molar-refractivity contribution in [1.29, 1.82) is 0 Å². The second kappa shape index (κ2) is 5.40. The Morgan fingerprint density at radius 2 is 2.05 bits per heavy atom. The Balaban J connectivity index is 2.11. The molecule has 2 aromatic rings. The quantitative estimate of drug-likeness (QED) is 0.886. The van der Waals surface area contributed by atoms with Crippen molar-refractivity contribution in [3.8, 4) is 0 Å². The summed E-state index contributed by atoms with van der Waals surface area (Å²) in [6.07, 6.45) is 1.25. The van der Waals surface area contributed by atoms with Crippen LogP contribution in [0.3, 0.4) is 0 Å². The third-order valence-electron chi connectivity index (χ3n) is 4.18. The number of ketones is 1. The first-order valence-electron chi connectivity index (χ1n) is 7.22. The molecular weight excluding hydrogens is 285 g/mol. The summed E-state index contributed by atoms with van der Waals surface area (Å²) in [6, 6.07) is 7.60. The number of rotatable bonds is 3. The second-order valence-corrected chi connectivity index (χ2v) is 5.59. The fourth-order valence-electron chi connectivity index (χ4n) is 3.17. The van der Waals surface area contributed by atoms with E-state index in [0.29, 0.717) is 36.3 Å². The number of carbonyl (C=O) groups is 2. The van der Waals surface area contributed by atoms with Crippen LogP contribution in [0.4, 0.5) is 4.39 Å². The summed E-state index contributed by atoms with van der Waals surface area (Å²) >= 11 is 0. The van der Waals surface area contributed by atoms with Crippen LogP contribution < -0.4 is 0 Å². The lowest BCUT2D eigenvalue weighted by Gasteiger charge is -2.23. The van der Waals surface area contributed by atoms with Gasteiger partial charge in [0.05, 0.1) is 17.2 Å². The molecule has 1 unspecified atom stereocenters. The topological polar surface area (TPSA) is 59.3 Å². The fourth-order valence-corrected chi connectivity index (χ4v) is 3.17. The molecule has 3 rings (SSSR count). The minimum atomic E-state index is -0.886. The molecule has 114 valence electrons. The highest BCUT2D eigenvalue weighted by Crippen LogP contribution is 2.32. The number of carbonyl (C=O) groups excluding carboxylic acids is 1. The third kappa shape index (κ3) is 2.22. The maximum Gasteiger partial charge on any atom is 0.312 e. The first kappa shape index (κ1) is 14.5. The number of halogens is 1. The highest BCUT2D eigenvalue weighted by molar-refractivity contribution is 6.09. The van der Waals surface area contributed by atoms with Gasteiger partial charge in [-0.2, -0.15) is 0 Å². The van der Waals surface area contributed by atoms with Gasteiger partial charge in [-0.05, 0) is 43.5 Å². The molecule has 0 aliphatic carbocycles. The van der Waals surface area contributed by atoms with E-state index >= 15 is 0 Å². The number of carboxylic acids is 1. The molecule has 5 heteroatoms. The molecule has 1 aromatic carbocycles. The van der Waals surface area contributed by atoms with Crippen molar-refractivity contribution in [2.24, 2.45) is 0 Å². The lowest BCUT2D eigenvalue weighted by atomic mass is 9.96. The summed E-state index contributed by atoms with van der Waals surface area (Å²) in [7, 11) is 0. The Hall–Kier alpha value is -2.43. The molecule has 0 bridgehead atoms. The van der Waals surface area contributed by atoms with Crippen LogP contribution in [0.1, 0.15) is 46.1 Å². The smallest absolute Gasteiger partial charge is 0.312 e. The summed E-state index contributed by atoms with van der Waals surface area (Å²) in [5.41, 5.74) is 1.74. The zero-order valence-electron chi connectivity index (χ0n) is 12.2. The molecule has 1 aromatic heterocycles. The summed E-state index contributed by atoms with van der Waals surface area (Å²) in [4.78, 5) is 24.1. The van der Waals surface area contributed by atoms with E-state index in [4.69, 9.17) is 0 Å². The van der Waals surface area contributed by atoms with Gasteiger partial charge < -0.3 is 9.67 Å². The van der Waals surface area contributed by atoms with Gasteiger partial charge in [-0.1, -0.05) is 12.1 Å². The normalized spacial score (nSPS) is 17.1. The molecule has 4 nitrogen and oxygen atoms in total. The number of aliphatic carboxylic acids is 1. The molecule has 0 spiro atoms. The van der Waals surface area contributed by atoms with Crippen LogP contribution >= 0.6 is 0 Å². The van der Waals surface area contributed by atoms with Gasteiger partial charge in [0.2, 0.25) is 5.78 Å². The Morgan fingerprint density at radius 3 is 2.73 bits per heavy atom. The van der Waals surface area contributed by atoms with Crippen molar-refractivity contribution in [3.63, 3.8) is 0 Å². The van der Waals surface area contributed by atoms with Gasteiger partial charge in [-0.25, -0.2) is 4.39 Å². The maximum atomic E-state index is 13.9. The van der Waals surface area contributed by atoms with E-state index in [1.165, 1.54) is 18.2 Å². The molecule has 1 aliphatic heterocycles. The van der Waals surface area contributed by atoms with Crippen molar-refractivity contribution < 1.29 is 19.1 Å². The van der Waals surface area contributed by atoms with Crippen molar-refractivity contribution >= 4 is 11.8 Å². The number of carboxylic acid groups (broad SMARTS) is 1. The van der Waals surface area contributed by atoms with Gasteiger partial charge in [-0.3, -0.25) is 9.59 Å². The van der Waals surface area contributed by atoms with E-state index in [2.05, 4.69) is 0 Å². The number of aryl methyl sites for hydroxylation is 1. The molecule has 0 saturated heterocycles. The molecule has 0 radical (unpaired) electrons. The van der Waals surface area contributed by atoms with Gasteiger partial charge >= 0.3 is 5.97 Å². The predicted octanol–water partition coefficient (Wildman–Crippen LogP) is 3.13. The summed E-state index contributed by atoms with van der Waals surface area (Å²) in [5.74, 6) is -2.45. The Morgan fingerprint density at radius 1 is 1.32 bits per heavy atom. The van der Waals surface area contributed by atoms with Crippen molar-refractivity contribution in [2.45, 2.75) is 32.2 Å². The van der Waals surface area contributed by atoms with Crippen LogP contribution in [0.25, 0.3) is 0 Å². The second-order valence-electron chi connectivity index (χ2n) is 5.59. The molecular formula is C17H16FNO3. The molecule has 1 N–H and O–H groups in total. The van der Waals surface area contributed by atoms with Crippen LogP contribution in [0.5, 0.6) is 0 Å². The SMILES string of the molecule is Cc1cc2n(c1C(=O)c1ccccc1F)CCCC2C(=O)O. The molecule has 1 atom stereocenters. The molecule has 0 fully saturated rings. The van der Waals surface area contributed by atoms with Crippen molar-refractivity contribution in [2.75, 3.05) is 0 Å². The molecule has 22 heavy (non-hydrogen) atoms. The zero-order chi connectivity index (χ0) is 15.9. The lowest BCUT2D eigenvalue weighted by molar-refractivity contribution is -0.139. The highest BCUT2D eigenvalue weighted by Gasteiger charge is 2.31. The van der Waals surface area contributed by atoms with Crippen LogP contribution in [-0.4, -0.2) is 21.4 Å². The Labute approximate surface area is 127 Å². The summed E-state index contributed by atoms with van der Waals surface area (Å²) in [5, 5.41) is 9.33. The first-order chi connectivity index (χ1) is 10.5. The van der Waals surface area contributed by atoms with E-state index in [1.807, 2.05) is 0 Å². The average Bonchev–Trinajstić information content (AvgIpc) is 2.82. The van der Waals surface area contributed by atoms with Crippen LogP contribution in [0, 0.1) is 12.7 Å². The van der Waals surface area contributed by atoms with Crippen LogP contribution in [0.15, 0.2) is 30.3 Å². The molecule has 1 aliphatic rings. The van der Waals surface area contributed by atoms with E-state index in [9.17, 15) is 19.1 Å². The molecule has 2 heterocycles. The van der Waals surface area contributed by atoms with Gasteiger partial charge in [-0.15, -0.1) is 0 Å². The average molecular weight is 301 g/mol. The van der Waals surface area contributed by atoms with Crippen molar-refractivity contribution in [1.82, 2.24) is 4.57 Å². The minimum absolute atomic E-state index is 0.0175. The first-order valence-corrected chi connectivity index (χ1v) is 7.22. The van der Waals surface area contributed by atoms with E-state index in [0.717, 1.165) is 0 Å². The minimum Gasteiger partial charge on any atom is -0.481 e.